The highest BCUT2D eigenvalue weighted by molar-refractivity contribution is 5.55. The molecule has 0 spiro atoms. The number of pyridine rings is 1. The van der Waals surface area contributed by atoms with Gasteiger partial charge in [-0.2, -0.15) is 5.26 Å². The zero-order valence-electron chi connectivity index (χ0n) is 9.82. The molecule has 1 fully saturated rings. The molecule has 0 amide bonds. The Hall–Kier alpha value is -1.60. The number of nitrogens with one attached hydrogen (secondary N) is 1. The van der Waals surface area contributed by atoms with Crippen LogP contribution in [0.25, 0.3) is 0 Å². The molecule has 1 aromatic heterocycles. The van der Waals surface area contributed by atoms with Crippen molar-refractivity contribution in [2.24, 2.45) is 0 Å². The van der Waals surface area contributed by atoms with Crippen molar-refractivity contribution in [1.82, 2.24) is 4.98 Å². The second kappa shape index (κ2) is 5.15. The standard InChI is InChI=1S/C13H17N3O/c14-8-11-4-7-15-9-12(11)16-10-13(17)5-2-1-3-6-13/h4,7,9,16-17H,1-3,5-6,10H2. The fourth-order valence-electron chi connectivity index (χ4n) is 2.28. The minimum absolute atomic E-state index is 0.493. The first-order chi connectivity index (χ1) is 8.23. The third kappa shape index (κ3) is 2.95. The molecule has 2 N–H and O–H groups in total. The van der Waals surface area contributed by atoms with Crippen molar-refractivity contribution < 1.29 is 5.11 Å². The first kappa shape index (κ1) is 11.9. The molecule has 0 radical (unpaired) electrons. The van der Waals surface area contributed by atoms with Gasteiger partial charge in [0.15, 0.2) is 0 Å². The maximum Gasteiger partial charge on any atom is 0.101 e. The van der Waals surface area contributed by atoms with E-state index in [4.69, 9.17) is 5.26 Å². The Morgan fingerprint density at radius 1 is 1.41 bits per heavy atom. The van der Waals surface area contributed by atoms with E-state index in [9.17, 15) is 5.11 Å². The molecule has 1 aliphatic rings. The van der Waals surface area contributed by atoms with Crippen LogP contribution in [0.4, 0.5) is 5.69 Å². The topological polar surface area (TPSA) is 68.9 Å². The number of nitriles is 1. The largest absolute Gasteiger partial charge is 0.388 e. The van der Waals surface area contributed by atoms with Crippen LogP contribution in [-0.4, -0.2) is 22.2 Å². The molecule has 2 rings (SSSR count). The summed E-state index contributed by atoms with van der Waals surface area (Å²) in [6.07, 6.45) is 8.26. The van der Waals surface area contributed by atoms with Gasteiger partial charge in [-0.1, -0.05) is 19.3 Å². The Morgan fingerprint density at radius 3 is 2.88 bits per heavy atom. The van der Waals surface area contributed by atoms with Crippen molar-refractivity contribution in [3.8, 4) is 6.07 Å². The lowest BCUT2D eigenvalue weighted by atomic mass is 9.85. The van der Waals surface area contributed by atoms with Gasteiger partial charge in [0.05, 0.1) is 23.0 Å². The third-order valence-corrected chi connectivity index (χ3v) is 3.33. The van der Waals surface area contributed by atoms with Gasteiger partial charge in [-0.25, -0.2) is 0 Å². The van der Waals surface area contributed by atoms with Gasteiger partial charge < -0.3 is 10.4 Å². The highest BCUT2D eigenvalue weighted by Gasteiger charge is 2.28. The summed E-state index contributed by atoms with van der Waals surface area (Å²) in [6.45, 7) is 0.493. The maximum atomic E-state index is 10.3. The average molecular weight is 231 g/mol. The Labute approximate surface area is 101 Å². The van der Waals surface area contributed by atoms with E-state index in [1.165, 1.54) is 6.42 Å². The predicted octanol–water partition coefficient (Wildman–Crippen LogP) is 2.06. The van der Waals surface area contributed by atoms with Crippen LogP contribution in [0, 0.1) is 11.3 Å². The van der Waals surface area contributed by atoms with Crippen molar-refractivity contribution in [2.75, 3.05) is 11.9 Å². The maximum absolute atomic E-state index is 10.3. The second-order valence-corrected chi connectivity index (χ2v) is 4.67. The summed E-state index contributed by atoms with van der Waals surface area (Å²) in [5, 5.41) is 22.4. The molecule has 0 aliphatic heterocycles. The second-order valence-electron chi connectivity index (χ2n) is 4.67. The van der Waals surface area contributed by atoms with Gasteiger partial charge in [-0.15, -0.1) is 0 Å². The number of anilines is 1. The zero-order valence-corrected chi connectivity index (χ0v) is 9.82. The fourth-order valence-corrected chi connectivity index (χ4v) is 2.28. The molecular formula is C13H17N3O. The van der Waals surface area contributed by atoms with Crippen molar-refractivity contribution >= 4 is 5.69 Å². The Bertz CT molecular complexity index is 419. The highest BCUT2D eigenvalue weighted by atomic mass is 16.3. The molecule has 0 bridgehead atoms. The molecule has 1 heterocycles. The van der Waals surface area contributed by atoms with Gasteiger partial charge in [-0.3, -0.25) is 4.98 Å². The summed E-state index contributed by atoms with van der Waals surface area (Å²) in [4.78, 5) is 3.98. The van der Waals surface area contributed by atoms with Crippen molar-refractivity contribution in [3.05, 3.63) is 24.0 Å². The van der Waals surface area contributed by atoms with Crippen LogP contribution in [0.2, 0.25) is 0 Å². The smallest absolute Gasteiger partial charge is 0.101 e. The van der Waals surface area contributed by atoms with Gasteiger partial charge in [0.25, 0.3) is 0 Å². The summed E-state index contributed by atoms with van der Waals surface area (Å²) < 4.78 is 0. The molecular weight excluding hydrogens is 214 g/mol. The summed E-state index contributed by atoms with van der Waals surface area (Å²) >= 11 is 0. The van der Waals surface area contributed by atoms with Crippen LogP contribution >= 0.6 is 0 Å². The van der Waals surface area contributed by atoms with Crippen LogP contribution in [0.1, 0.15) is 37.7 Å². The van der Waals surface area contributed by atoms with Crippen molar-refractivity contribution in [2.45, 2.75) is 37.7 Å². The Balaban J connectivity index is 2.00. The number of rotatable bonds is 3. The normalized spacial score (nSPS) is 18.4. The number of hydrogen-bond acceptors (Lipinski definition) is 4. The van der Waals surface area contributed by atoms with Crippen molar-refractivity contribution in [1.29, 1.82) is 5.26 Å². The minimum Gasteiger partial charge on any atom is -0.388 e. The molecule has 0 aromatic carbocycles. The Kier molecular flexibility index (Phi) is 3.60. The van der Waals surface area contributed by atoms with Crippen LogP contribution in [-0.2, 0) is 0 Å². The van der Waals surface area contributed by atoms with Crippen LogP contribution in [0.5, 0.6) is 0 Å². The van der Waals surface area contributed by atoms with E-state index in [0.717, 1.165) is 25.7 Å². The molecule has 17 heavy (non-hydrogen) atoms. The number of hydrogen-bond donors (Lipinski definition) is 2. The van der Waals surface area contributed by atoms with E-state index in [1.54, 1.807) is 18.5 Å². The van der Waals surface area contributed by atoms with Crippen LogP contribution in [0.3, 0.4) is 0 Å². The molecule has 4 heteroatoms. The van der Waals surface area contributed by atoms with E-state index in [-0.39, 0.29) is 0 Å². The summed E-state index contributed by atoms with van der Waals surface area (Å²) in [5.74, 6) is 0. The van der Waals surface area contributed by atoms with Gasteiger partial charge in [0.1, 0.15) is 6.07 Å². The monoisotopic (exact) mass is 231 g/mol. The molecule has 1 aromatic rings. The lowest BCUT2D eigenvalue weighted by Crippen LogP contribution is -2.38. The van der Waals surface area contributed by atoms with E-state index >= 15 is 0 Å². The number of aliphatic hydroxyl groups is 1. The minimum atomic E-state index is -0.624. The Morgan fingerprint density at radius 2 is 2.18 bits per heavy atom. The molecule has 0 unspecified atom stereocenters. The van der Waals surface area contributed by atoms with E-state index in [1.807, 2.05) is 0 Å². The molecule has 4 nitrogen and oxygen atoms in total. The molecule has 0 atom stereocenters. The van der Waals surface area contributed by atoms with Gasteiger partial charge in [-0.05, 0) is 18.9 Å². The third-order valence-electron chi connectivity index (χ3n) is 3.33. The summed E-state index contributed by atoms with van der Waals surface area (Å²) in [7, 11) is 0. The lowest BCUT2D eigenvalue weighted by Gasteiger charge is -2.32. The predicted molar refractivity (Wildman–Crippen MR) is 65.5 cm³/mol. The van der Waals surface area contributed by atoms with E-state index in [2.05, 4.69) is 16.4 Å². The van der Waals surface area contributed by atoms with Crippen LogP contribution in [0.15, 0.2) is 18.5 Å². The summed E-state index contributed by atoms with van der Waals surface area (Å²) in [5.41, 5.74) is 0.647. The van der Waals surface area contributed by atoms with E-state index in [0.29, 0.717) is 17.8 Å². The number of nitrogens with zero attached hydrogens (tertiary/aromatic N) is 2. The first-order valence-corrected chi connectivity index (χ1v) is 6.04. The molecule has 1 aliphatic carbocycles. The zero-order chi connectivity index (χ0) is 12.1. The van der Waals surface area contributed by atoms with Gasteiger partial charge in [0.2, 0.25) is 0 Å². The summed E-state index contributed by atoms with van der Waals surface area (Å²) in [6, 6.07) is 3.79. The average Bonchev–Trinajstić information content (AvgIpc) is 2.38. The van der Waals surface area contributed by atoms with Crippen molar-refractivity contribution in [3.63, 3.8) is 0 Å². The van der Waals surface area contributed by atoms with Gasteiger partial charge >= 0.3 is 0 Å². The van der Waals surface area contributed by atoms with Gasteiger partial charge in [0, 0.05) is 12.7 Å². The molecule has 0 saturated heterocycles. The SMILES string of the molecule is N#Cc1ccncc1NCC1(O)CCCCC1. The van der Waals surface area contributed by atoms with E-state index < -0.39 is 5.60 Å². The quantitative estimate of drug-likeness (QED) is 0.835. The fraction of sp³-hybridized carbons (Fsp3) is 0.538. The highest BCUT2D eigenvalue weighted by Crippen LogP contribution is 2.28. The first-order valence-electron chi connectivity index (χ1n) is 6.04. The molecule has 90 valence electrons. The number of aromatic nitrogens is 1. The lowest BCUT2D eigenvalue weighted by molar-refractivity contribution is 0.0167. The molecule has 1 saturated carbocycles. The van der Waals surface area contributed by atoms with Crippen LogP contribution < -0.4 is 5.32 Å².